The second kappa shape index (κ2) is 6.35. The normalized spacial score (nSPS) is 16.1. The Kier molecular flexibility index (Phi) is 4.52. The molecule has 0 radical (unpaired) electrons. The van der Waals surface area contributed by atoms with Crippen LogP contribution in [0.15, 0.2) is 35.0 Å². The van der Waals surface area contributed by atoms with Gasteiger partial charge in [0.15, 0.2) is 11.6 Å². The maximum atomic E-state index is 11.8. The highest BCUT2D eigenvalue weighted by molar-refractivity contribution is 6.06. The molecule has 0 saturated heterocycles. The van der Waals surface area contributed by atoms with Gasteiger partial charge in [0.05, 0.1) is 12.2 Å². The molecular weight excluding hydrogens is 270 g/mol. The van der Waals surface area contributed by atoms with Gasteiger partial charge in [-0.3, -0.25) is 0 Å². The second-order valence-electron chi connectivity index (χ2n) is 5.16. The van der Waals surface area contributed by atoms with Gasteiger partial charge in [-0.2, -0.15) is 0 Å². The minimum absolute atomic E-state index is 0.252. The minimum Gasteiger partial charge on any atom is -0.462 e. The quantitative estimate of drug-likeness (QED) is 0.631. The third kappa shape index (κ3) is 4.02. The molecule has 21 heavy (non-hydrogen) atoms. The summed E-state index contributed by atoms with van der Waals surface area (Å²) < 4.78 is 9.97. The maximum Gasteiger partial charge on any atom is 0.363 e. The number of carbonyl (C=O) groups is 2. The number of hydrogen-bond acceptors (Lipinski definition) is 5. The van der Waals surface area contributed by atoms with E-state index in [0.29, 0.717) is 24.0 Å². The zero-order valence-electron chi connectivity index (χ0n) is 12.3. The molecule has 1 heterocycles. The molecule has 110 valence electrons. The molecule has 0 bridgehead atoms. The van der Waals surface area contributed by atoms with Gasteiger partial charge in [0.25, 0.3) is 0 Å². The highest BCUT2D eigenvalue weighted by Crippen LogP contribution is 2.16. The van der Waals surface area contributed by atoms with Gasteiger partial charge in [0.2, 0.25) is 0 Å². The van der Waals surface area contributed by atoms with Crippen LogP contribution in [0.4, 0.5) is 0 Å². The first-order valence-corrected chi connectivity index (χ1v) is 6.72. The Bertz CT molecular complexity index is 612. The van der Waals surface area contributed by atoms with Crippen LogP contribution in [0.1, 0.15) is 36.7 Å². The van der Waals surface area contributed by atoms with Gasteiger partial charge >= 0.3 is 11.9 Å². The first-order valence-electron chi connectivity index (χ1n) is 6.72. The summed E-state index contributed by atoms with van der Waals surface area (Å²) >= 11 is 0. The third-order valence-electron chi connectivity index (χ3n) is 2.72. The maximum absolute atomic E-state index is 11.8. The van der Waals surface area contributed by atoms with E-state index in [-0.39, 0.29) is 11.7 Å². The number of hydrogen-bond donors (Lipinski definition) is 0. The molecule has 1 aliphatic heterocycles. The Labute approximate surface area is 123 Å². The van der Waals surface area contributed by atoms with Crippen LogP contribution >= 0.6 is 0 Å². The molecule has 5 heteroatoms. The van der Waals surface area contributed by atoms with Crippen LogP contribution in [0.3, 0.4) is 0 Å². The Morgan fingerprint density at radius 2 is 2.00 bits per heavy atom. The van der Waals surface area contributed by atoms with Gasteiger partial charge in [-0.15, -0.1) is 0 Å². The molecule has 0 aliphatic carbocycles. The minimum atomic E-state index is -0.465. The van der Waals surface area contributed by atoms with Crippen LogP contribution in [0.5, 0.6) is 0 Å². The Morgan fingerprint density at radius 1 is 1.33 bits per heavy atom. The lowest BCUT2D eigenvalue weighted by atomic mass is 10.1. The van der Waals surface area contributed by atoms with Crippen molar-refractivity contribution >= 4 is 23.9 Å². The molecule has 0 unspecified atom stereocenters. The van der Waals surface area contributed by atoms with Gasteiger partial charge < -0.3 is 9.47 Å². The molecule has 5 nitrogen and oxygen atoms in total. The van der Waals surface area contributed by atoms with Crippen molar-refractivity contribution in [2.24, 2.45) is 10.9 Å². The van der Waals surface area contributed by atoms with Crippen molar-refractivity contribution in [1.82, 2.24) is 0 Å². The van der Waals surface area contributed by atoms with Crippen LogP contribution in [-0.2, 0) is 14.3 Å². The van der Waals surface area contributed by atoms with E-state index in [1.807, 2.05) is 13.8 Å². The fourth-order valence-corrected chi connectivity index (χ4v) is 1.71. The van der Waals surface area contributed by atoms with Crippen molar-refractivity contribution in [2.75, 3.05) is 6.61 Å². The van der Waals surface area contributed by atoms with Gasteiger partial charge in [-0.05, 0) is 29.7 Å². The number of cyclic esters (lactones) is 1. The number of benzene rings is 1. The first kappa shape index (κ1) is 15.0. The smallest absolute Gasteiger partial charge is 0.363 e. The third-order valence-corrected chi connectivity index (χ3v) is 2.72. The number of ether oxygens (including phenoxy) is 2. The predicted molar refractivity (Wildman–Crippen MR) is 78.7 cm³/mol. The van der Waals surface area contributed by atoms with Gasteiger partial charge in [-0.25, -0.2) is 14.6 Å². The lowest BCUT2D eigenvalue weighted by molar-refractivity contribution is -0.130. The second-order valence-corrected chi connectivity index (χ2v) is 5.16. The van der Waals surface area contributed by atoms with E-state index in [9.17, 15) is 9.59 Å². The zero-order chi connectivity index (χ0) is 15.4. The Balaban J connectivity index is 2.07. The topological polar surface area (TPSA) is 65.0 Å². The van der Waals surface area contributed by atoms with Crippen molar-refractivity contribution < 1.29 is 19.1 Å². The molecule has 1 aliphatic rings. The van der Waals surface area contributed by atoms with Crippen molar-refractivity contribution in [3.05, 3.63) is 41.1 Å². The van der Waals surface area contributed by atoms with E-state index in [1.54, 1.807) is 37.3 Å². The van der Waals surface area contributed by atoms with E-state index in [2.05, 4.69) is 4.99 Å². The number of carbonyl (C=O) groups excluding carboxylic acids is 2. The van der Waals surface area contributed by atoms with Crippen molar-refractivity contribution in [3.63, 3.8) is 0 Å². The number of nitrogens with zero attached hydrogens (tertiary/aromatic N) is 1. The first-order chi connectivity index (χ1) is 9.95. The summed E-state index contributed by atoms with van der Waals surface area (Å²) in [5, 5.41) is 0. The largest absolute Gasteiger partial charge is 0.462 e. The van der Waals surface area contributed by atoms with Crippen molar-refractivity contribution in [3.8, 4) is 0 Å². The predicted octanol–water partition coefficient (Wildman–Crippen LogP) is 2.82. The molecule has 1 aromatic rings. The molecule has 0 spiro atoms. The van der Waals surface area contributed by atoms with Crippen LogP contribution in [0, 0.1) is 5.92 Å². The average molecular weight is 287 g/mol. The number of rotatable bonds is 4. The monoisotopic (exact) mass is 287 g/mol. The van der Waals surface area contributed by atoms with Crippen LogP contribution in [0.2, 0.25) is 0 Å². The molecular formula is C16H17NO4. The molecule has 1 aromatic carbocycles. The van der Waals surface area contributed by atoms with Gasteiger partial charge in [-0.1, -0.05) is 26.0 Å². The Hall–Kier alpha value is -2.43. The standard InChI is InChI=1S/C16H17NO4/c1-10(2)9-20-15(18)13-6-4-12(5-7-13)8-14-16(19)21-11(3)17-14/h4-8,10H,9H2,1-3H3/b14-8-. The fourth-order valence-electron chi connectivity index (χ4n) is 1.71. The highest BCUT2D eigenvalue weighted by atomic mass is 16.6. The van der Waals surface area contributed by atoms with Gasteiger partial charge in [0, 0.05) is 6.92 Å². The number of esters is 2. The summed E-state index contributed by atoms with van der Waals surface area (Å²) in [6.45, 7) is 5.97. The molecule has 0 saturated carbocycles. The molecule has 0 N–H and O–H groups in total. The molecule has 2 rings (SSSR count). The lowest BCUT2D eigenvalue weighted by Crippen LogP contribution is -2.10. The molecule has 0 atom stereocenters. The summed E-state index contributed by atoms with van der Waals surface area (Å²) in [6, 6.07) is 6.78. The van der Waals surface area contributed by atoms with Crippen molar-refractivity contribution in [1.29, 1.82) is 0 Å². The van der Waals surface area contributed by atoms with Crippen LogP contribution in [0.25, 0.3) is 6.08 Å². The fraction of sp³-hybridized carbons (Fsp3) is 0.312. The summed E-state index contributed by atoms with van der Waals surface area (Å²) in [5.41, 5.74) is 1.50. The van der Waals surface area contributed by atoms with Crippen LogP contribution < -0.4 is 0 Å². The summed E-state index contributed by atoms with van der Waals surface area (Å²) in [5.74, 6) is -0.183. The van der Waals surface area contributed by atoms with Crippen LogP contribution in [-0.4, -0.2) is 24.4 Å². The number of aliphatic imine (C=N–C) groups is 1. The summed E-state index contributed by atoms with van der Waals surface area (Å²) in [6.07, 6.45) is 1.61. The molecule has 0 amide bonds. The molecule has 0 aromatic heterocycles. The highest BCUT2D eigenvalue weighted by Gasteiger charge is 2.19. The van der Waals surface area contributed by atoms with E-state index in [4.69, 9.17) is 9.47 Å². The van der Waals surface area contributed by atoms with Gasteiger partial charge in [0.1, 0.15) is 0 Å². The lowest BCUT2D eigenvalue weighted by Gasteiger charge is -2.07. The van der Waals surface area contributed by atoms with E-state index in [1.165, 1.54) is 0 Å². The van der Waals surface area contributed by atoms with Crippen molar-refractivity contribution in [2.45, 2.75) is 20.8 Å². The molecule has 0 fully saturated rings. The SMILES string of the molecule is CC1=N/C(=C\c2ccc(C(=O)OCC(C)C)cc2)C(=O)O1. The van der Waals surface area contributed by atoms with E-state index >= 15 is 0 Å². The Morgan fingerprint density at radius 3 is 2.52 bits per heavy atom. The summed E-state index contributed by atoms with van der Waals surface area (Å²) in [4.78, 5) is 27.2. The van der Waals surface area contributed by atoms with E-state index < -0.39 is 5.97 Å². The average Bonchev–Trinajstić information content (AvgIpc) is 2.75. The van der Waals surface area contributed by atoms with E-state index in [0.717, 1.165) is 5.56 Å². The zero-order valence-corrected chi connectivity index (χ0v) is 12.3. The summed E-state index contributed by atoms with van der Waals surface area (Å²) in [7, 11) is 0.